The zero-order valence-corrected chi connectivity index (χ0v) is 15.1. The molecule has 1 amide bonds. The normalized spacial score (nSPS) is 14.1. The zero-order valence-electron chi connectivity index (χ0n) is 15.1. The highest BCUT2D eigenvalue weighted by Crippen LogP contribution is 2.29. The van der Waals surface area contributed by atoms with Gasteiger partial charge >= 0.3 is 0 Å². The minimum absolute atomic E-state index is 0.253. The summed E-state index contributed by atoms with van der Waals surface area (Å²) in [4.78, 5) is 16.9. The molecule has 3 aromatic rings. The van der Waals surface area contributed by atoms with Crippen LogP contribution in [0.25, 0.3) is 0 Å². The Labute approximate surface area is 158 Å². The van der Waals surface area contributed by atoms with Crippen LogP contribution in [0.5, 0.6) is 5.75 Å². The summed E-state index contributed by atoms with van der Waals surface area (Å²) in [6.45, 7) is 1.43. The van der Waals surface area contributed by atoms with Crippen LogP contribution in [0.2, 0.25) is 0 Å². The predicted octanol–water partition coefficient (Wildman–Crippen LogP) is 4.07. The fourth-order valence-corrected chi connectivity index (χ4v) is 2.84. The lowest BCUT2D eigenvalue weighted by atomic mass is 10.2. The molecule has 0 radical (unpaired) electrons. The summed E-state index contributed by atoms with van der Waals surface area (Å²) in [5.41, 5.74) is 2.36. The van der Waals surface area contributed by atoms with E-state index in [0.717, 1.165) is 17.9 Å². The van der Waals surface area contributed by atoms with E-state index >= 15 is 0 Å². The molecule has 1 saturated carbocycles. The summed E-state index contributed by atoms with van der Waals surface area (Å²) in [5, 5.41) is 0. The Kier molecular flexibility index (Phi) is 5.15. The summed E-state index contributed by atoms with van der Waals surface area (Å²) in [7, 11) is 0. The van der Waals surface area contributed by atoms with Crippen LogP contribution < -0.4 is 10.2 Å². The van der Waals surface area contributed by atoms with E-state index < -0.39 is 0 Å². The van der Waals surface area contributed by atoms with Crippen LogP contribution in [0, 0.1) is 5.92 Å². The Morgan fingerprint density at radius 2 is 1.70 bits per heavy atom. The van der Waals surface area contributed by atoms with Crippen LogP contribution in [-0.4, -0.2) is 17.1 Å². The van der Waals surface area contributed by atoms with Crippen LogP contribution >= 0.6 is 0 Å². The third-order valence-electron chi connectivity index (χ3n) is 4.61. The molecule has 4 heteroatoms. The number of amides is 1. The molecule has 4 nitrogen and oxygen atoms in total. The predicted molar refractivity (Wildman–Crippen MR) is 105 cm³/mol. The van der Waals surface area contributed by atoms with Crippen molar-refractivity contribution in [3.8, 4) is 5.75 Å². The van der Waals surface area contributed by atoms with Gasteiger partial charge in [-0.1, -0.05) is 36.4 Å². The molecular weight excluding hydrogens is 336 g/mol. The Morgan fingerprint density at radius 3 is 2.44 bits per heavy atom. The maximum absolute atomic E-state index is 12.6. The number of ether oxygens (including phenoxy) is 1. The molecule has 1 aromatic heterocycles. The van der Waals surface area contributed by atoms with Gasteiger partial charge in [-0.2, -0.15) is 4.99 Å². The number of hydrogen-bond donors (Lipinski definition) is 0. The Bertz CT molecular complexity index is 971. The van der Waals surface area contributed by atoms with Crippen LogP contribution in [0.3, 0.4) is 0 Å². The van der Waals surface area contributed by atoms with Gasteiger partial charge in [-0.25, -0.2) is 0 Å². The molecule has 0 atom stereocenters. The lowest BCUT2D eigenvalue weighted by molar-refractivity contribution is 0.0997. The van der Waals surface area contributed by atoms with Gasteiger partial charge < -0.3 is 9.30 Å². The number of nitrogens with zero attached hydrogens (tertiary/aromatic N) is 2. The van der Waals surface area contributed by atoms with Gasteiger partial charge in [0, 0.05) is 18.3 Å². The molecule has 1 aliphatic carbocycles. The number of hydrogen-bond acceptors (Lipinski definition) is 2. The van der Waals surface area contributed by atoms with E-state index in [1.165, 1.54) is 12.8 Å². The van der Waals surface area contributed by atoms with Crippen molar-refractivity contribution in [2.45, 2.75) is 19.4 Å². The summed E-state index contributed by atoms with van der Waals surface area (Å²) in [6, 6.07) is 23.1. The first-order valence-electron chi connectivity index (χ1n) is 9.29. The number of rotatable bonds is 6. The molecule has 0 unspecified atom stereocenters. The van der Waals surface area contributed by atoms with Crippen LogP contribution in [0.1, 0.15) is 28.8 Å². The zero-order chi connectivity index (χ0) is 18.5. The van der Waals surface area contributed by atoms with Crippen molar-refractivity contribution in [2.75, 3.05) is 6.61 Å². The van der Waals surface area contributed by atoms with Crippen LogP contribution in [0.4, 0.5) is 0 Å². The molecule has 27 heavy (non-hydrogen) atoms. The number of benzene rings is 2. The first-order valence-corrected chi connectivity index (χ1v) is 9.29. The minimum atomic E-state index is -0.253. The third-order valence-corrected chi connectivity index (χ3v) is 4.61. The van der Waals surface area contributed by atoms with Gasteiger partial charge in [0.15, 0.2) is 0 Å². The fraction of sp³-hybridized carbons (Fsp3) is 0.217. The van der Waals surface area contributed by atoms with Crippen molar-refractivity contribution in [2.24, 2.45) is 10.9 Å². The first-order chi connectivity index (χ1) is 13.3. The highest BCUT2D eigenvalue weighted by Gasteiger charge is 2.21. The van der Waals surface area contributed by atoms with Gasteiger partial charge in [0.2, 0.25) is 0 Å². The van der Waals surface area contributed by atoms with Gasteiger partial charge in [-0.3, -0.25) is 4.79 Å². The average molecular weight is 358 g/mol. The van der Waals surface area contributed by atoms with Crippen molar-refractivity contribution < 1.29 is 9.53 Å². The molecule has 0 bridgehead atoms. The number of pyridine rings is 1. The first kappa shape index (κ1) is 17.3. The Morgan fingerprint density at radius 1 is 0.963 bits per heavy atom. The molecule has 136 valence electrons. The molecule has 0 N–H and O–H groups in total. The molecule has 0 aliphatic heterocycles. The lowest BCUT2D eigenvalue weighted by Gasteiger charge is -2.07. The molecule has 0 spiro atoms. The maximum atomic E-state index is 12.6. The maximum Gasteiger partial charge on any atom is 0.278 e. The standard InChI is InChI=1S/C23H22N2O2/c26-23(20-11-13-21(14-12-20)27-17-19-9-10-19)24-22-8-4-5-15-25(22)16-18-6-2-1-3-7-18/h1-8,11-15,19H,9-10,16-17H2. The van der Waals surface area contributed by atoms with Gasteiger partial charge in [0.1, 0.15) is 11.2 Å². The topological polar surface area (TPSA) is 43.6 Å². The fourth-order valence-electron chi connectivity index (χ4n) is 2.84. The highest BCUT2D eigenvalue weighted by molar-refractivity contribution is 5.94. The van der Waals surface area contributed by atoms with Gasteiger partial charge in [-0.15, -0.1) is 0 Å². The molecule has 1 heterocycles. The number of carbonyl (C=O) groups excluding carboxylic acids is 1. The monoisotopic (exact) mass is 358 g/mol. The second-order valence-electron chi connectivity index (χ2n) is 6.87. The molecule has 2 aromatic carbocycles. The minimum Gasteiger partial charge on any atom is -0.493 e. The summed E-state index contributed by atoms with van der Waals surface area (Å²) in [6.07, 6.45) is 4.46. The number of aromatic nitrogens is 1. The molecular formula is C23H22N2O2. The van der Waals surface area contributed by atoms with E-state index in [9.17, 15) is 4.79 Å². The van der Waals surface area contributed by atoms with Gasteiger partial charge in [0.25, 0.3) is 5.91 Å². The van der Waals surface area contributed by atoms with Crippen molar-refractivity contribution in [1.82, 2.24) is 4.57 Å². The van der Waals surface area contributed by atoms with E-state index in [0.29, 0.717) is 23.5 Å². The summed E-state index contributed by atoms with van der Waals surface area (Å²) >= 11 is 0. The van der Waals surface area contributed by atoms with Crippen LogP contribution in [0.15, 0.2) is 84.0 Å². The summed E-state index contributed by atoms with van der Waals surface area (Å²) < 4.78 is 7.69. The van der Waals surface area contributed by atoms with E-state index in [1.54, 1.807) is 12.1 Å². The van der Waals surface area contributed by atoms with Gasteiger partial charge in [0.05, 0.1) is 6.61 Å². The van der Waals surface area contributed by atoms with E-state index in [2.05, 4.69) is 17.1 Å². The Hall–Kier alpha value is -3.14. The molecule has 1 aliphatic rings. The van der Waals surface area contributed by atoms with E-state index in [1.807, 2.05) is 59.3 Å². The lowest BCUT2D eigenvalue weighted by Crippen LogP contribution is -2.22. The summed E-state index contributed by atoms with van der Waals surface area (Å²) in [5.74, 6) is 1.26. The smallest absolute Gasteiger partial charge is 0.278 e. The molecule has 0 saturated heterocycles. The molecule has 4 rings (SSSR count). The highest BCUT2D eigenvalue weighted by atomic mass is 16.5. The van der Waals surface area contributed by atoms with Crippen molar-refractivity contribution in [3.63, 3.8) is 0 Å². The van der Waals surface area contributed by atoms with Crippen LogP contribution in [-0.2, 0) is 6.54 Å². The largest absolute Gasteiger partial charge is 0.493 e. The quantitative estimate of drug-likeness (QED) is 0.667. The second-order valence-corrected chi connectivity index (χ2v) is 6.87. The molecule has 1 fully saturated rings. The average Bonchev–Trinajstić information content (AvgIpc) is 3.54. The second kappa shape index (κ2) is 8.04. The third kappa shape index (κ3) is 4.73. The van der Waals surface area contributed by atoms with E-state index in [-0.39, 0.29) is 5.91 Å². The van der Waals surface area contributed by atoms with Crippen molar-refractivity contribution >= 4 is 5.91 Å². The number of carbonyl (C=O) groups is 1. The SMILES string of the molecule is O=C(N=c1ccccn1Cc1ccccc1)c1ccc(OCC2CC2)cc1. The van der Waals surface area contributed by atoms with Crippen molar-refractivity contribution in [1.29, 1.82) is 0 Å². The van der Waals surface area contributed by atoms with Crippen molar-refractivity contribution in [3.05, 3.63) is 95.6 Å². The van der Waals surface area contributed by atoms with E-state index in [4.69, 9.17) is 4.74 Å². The van der Waals surface area contributed by atoms with Gasteiger partial charge in [-0.05, 0) is 60.7 Å². The Balaban J connectivity index is 1.51.